The van der Waals surface area contributed by atoms with Gasteiger partial charge < -0.3 is 9.52 Å². The molecule has 0 aliphatic rings. The van der Waals surface area contributed by atoms with Gasteiger partial charge in [-0.2, -0.15) is 0 Å². The molecule has 0 radical (unpaired) electrons. The maximum Gasteiger partial charge on any atom is 0.141 e. The van der Waals surface area contributed by atoms with Crippen LogP contribution in [0.1, 0.15) is 5.56 Å². The highest BCUT2D eigenvalue weighted by molar-refractivity contribution is 14.1. The molecule has 18 heavy (non-hydrogen) atoms. The molecule has 2 aromatic carbocycles. The van der Waals surface area contributed by atoms with Crippen molar-refractivity contribution in [1.82, 2.24) is 0 Å². The second kappa shape index (κ2) is 4.74. The number of benzene rings is 2. The fourth-order valence-corrected chi connectivity index (χ4v) is 2.75. The zero-order valence-electron chi connectivity index (χ0n) is 9.56. The quantitative estimate of drug-likeness (QED) is 0.703. The Balaban J connectivity index is 2.32. The molecule has 1 aromatic heterocycles. The highest BCUT2D eigenvalue weighted by Crippen LogP contribution is 2.35. The average molecular weight is 350 g/mol. The highest BCUT2D eigenvalue weighted by Gasteiger charge is 2.16. The summed E-state index contributed by atoms with van der Waals surface area (Å²) in [6.45, 7) is -0.0165. The number of fused-ring (bicyclic) bond motifs is 1. The van der Waals surface area contributed by atoms with Crippen molar-refractivity contribution in [2.75, 3.05) is 0 Å². The lowest BCUT2D eigenvalue weighted by Gasteiger charge is -2.02. The van der Waals surface area contributed by atoms with E-state index in [-0.39, 0.29) is 6.61 Å². The summed E-state index contributed by atoms with van der Waals surface area (Å²) in [6.07, 6.45) is 0. The Hall–Kier alpha value is -1.33. The molecular formula is C15H11IO2. The van der Waals surface area contributed by atoms with Gasteiger partial charge in [0.25, 0.3) is 0 Å². The molecule has 0 amide bonds. The van der Waals surface area contributed by atoms with Crippen molar-refractivity contribution in [3.63, 3.8) is 0 Å². The van der Waals surface area contributed by atoms with E-state index in [0.29, 0.717) is 0 Å². The summed E-state index contributed by atoms with van der Waals surface area (Å²) in [6, 6.07) is 15.8. The molecule has 0 atom stereocenters. The van der Waals surface area contributed by atoms with E-state index in [9.17, 15) is 5.11 Å². The van der Waals surface area contributed by atoms with E-state index in [0.717, 1.165) is 31.4 Å². The second-order valence-electron chi connectivity index (χ2n) is 4.04. The zero-order chi connectivity index (χ0) is 12.5. The number of hydrogen-bond acceptors (Lipinski definition) is 2. The Morgan fingerprint density at radius 3 is 2.50 bits per heavy atom. The standard InChI is InChI=1S/C15H11IO2/c16-13-7-3-1-6-11(13)15-12(9-17)10-5-2-4-8-14(10)18-15/h1-8,17H,9H2. The molecule has 0 fully saturated rings. The summed E-state index contributed by atoms with van der Waals surface area (Å²) < 4.78 is 7.01. The van der Waals surface area contributed by atoms with E-state index in [1.165, 1.54) is 0 Å². The summed E-state index contributed by atoms with van der Waals surface area (Å²) in [5.41, 5.74) is 2.70. The number of hydrogen-bond donors (Lipinski definition) is 1. The first-order valence-corrected chi connectivity index (χ1v) is 6.75. The second-order valence-corrected chi connectivity index (χ2v) is 5.21. The molecule has 3 aromatic rings. The van der Waals surface area contributed by atoms with Crippen LogP contribution in [0.15, 0.2) is 52.9 Å². The van der Waals surface area contributed by atoms with Gasteiger partial charge in [0, 0.05) is 20.1 Å². The maximum atomic E-state index is 9.60. The molecule has 1 N–H and O–H groups in total. The molecule has 3 heteroatoms. The van der Waals surface area contributed by atoms with Gasteiger partial charge in [-0.1, -0.05) is 36.4 Å². The molecule has 2 nitrogen and oxygen atoms in total. The molecule has 0 spiro atoms. The summed E-state index contributed by atoms with van der Waals surface area (Å²) in [4.78, 5) is 0. The van der Waals surface area contributed by atoms with Crippen molar-refractivity contribution in [2.24, 2.45) is 0 Å². The Morgan fingerprint density at radius 1 is 1.00 bits per heavy atom. The molecule has 0 aliphatic heterocycles. The molecule has 0 bridgehead atoms. The first kappa shape index (κ1) is 11.7. The van der Waals surface area contributed by atoms with Crippen LogP contribution < -0.4 is 0 Å². The average Bonchev–Trinajstić information content (AvgIpc) is 2.77. The van der Waals surface area contributed by atoms with Crippen LogP contribution in [-0.4, -0.2) is 5.11 Å². The third-order valence-electron chi connectivity index (χ3n) is 2.97. The van der Waals surface area contributed by atoms with Gasteiger partial charge in [0.1, 0.15) is 11.3 Å². The molecule has 90 valence electrons. The van der Waals surface area contributed by atoms with Crippen LogP contribution >= 0.6 is 22.6 Å². The number of halogens is 1. The summed E-state index contributed by atoms with van der Waals surface area (Å²) in [5.74, 6) is 0.767. The Bertz CT molecular complexity index is 701. The zero-order valence-corrected chi connectivity index (χ0v) is 11.7. The van der Waals surface area contributed by atoms with Crippen molar-refractivity contribution < 1.29 is 9.52 Å². The van der Waals surface area contributed by atoms with Crippen LogP contribution in [-0.2, 0) is 6.61 Å². The topological polar surface area (TPSA) is 33.4 Å². The van der Waals surface area contributed by atoms with Crippen LogP contribution in [0, 0.1) is 3.57 Å². The van der Waals surface area contributed by atoms with Crippen molar-refractivity contribution >= 4 is 33.6 Å². The first-order valence-electron chi connectivity index (χ1n) is 5.67. The molecule has 0 unspecified atom stereocenters. The van der Waals surface area contributed by atoms with E-state index in [4.69, 9.17) is 4.42 Å². The lowest BCUT2D eigenvalue weighted by Crippen LogP contribution is -1.87. The third-order valence-corrected chi connectivity index (χ3v) is 3.92. The number of rotatable bonds is 2. The predicted molar refractivity (Wildman–Crippen MR) is 80.3 cm³/mol. The molecule has 0 saturated heterocycles. The monoisotopic (exact) mass is 350 g/mol. The Kier molecular flexibility index (Phi) is 3.09. The van der Waals surface area contributed by atoms with Crippen LogP contribution in [0.5, 0.6) is 0 Å². The molecular weight excluding hydrogens is 339 g/mol. The SMILES string of the molecule is OCc1c(-c2ccccc2I)oc2ccccc12. The van der Waals surface area contributed by atoms with Gasteiger partial charge in [-0.3, -0.25) is 0 Å². The van der Waals surface area contributed by atoms with E-state index in [2.05, 4.69) is 22.6 Å². The van der Waals surface area contributed by atoms with E-state index < -0.39 is 0 Å². The van der Waals surface area contributed by atoms with E-state index in [1.807, 2.05) is 48.5 Å². The van der Waals surface area contributed by atoms with Crippen LogP contribution in [0.4, 0.5) is 0 Å². The van der Waals surface area contributed by atoms with Crippen molar-refractivity contribution in [2.45, 2.75) is 6.61 Å². The number of aliphatic hydroxyl groups is 1. The Morgan fingerprint density at radius 2 is 1.72 bits per heavy atom. The van der Waals surface area contributed by atoms with Crippen molar-refractivity contribution in [3.8, 4) is 11.3 Å². The summed E-state index contributed by atoms with van der Waals surface area (Å²) >= 11 is 2.28. The van der Waals surface area contributed by atoms with Gasteiger partial charge in [-0.15, -0.1) is 0 Å². The van der Waals surface area contributed by atoms with E-state index in [1.54, 1.807) is 0 Å². The lowest BCUT2D eigenvalue weighted by atomic mass is 10.1. The largest absolute Gasteiger partial charge is 0.456 e. The molecule has 0 saturated carbocycles. The van der Waals surface area contributed by atoms with Crippen LogP contribution in [0.25, 0.3) is 22.3 Å². The lowest BCUT2D eigenvalue weighted by molar-refractivity contribution is 0.282. The molecule has 0 aliphatic carbocycles. The molecule has 3 rings (SSSR count). The predicted octanol–water partition coefficient (Wildman–Crippen LogP) is 4.20. The summed E-state index contributed by atoms with van der Waals surface area (Å²) in [7, 11) is 0. The smallest absolute Gasteiger partial charge is 0.141 e. The number of aliphatic hydroxyl groups excluding tert-OH is 1. The van der Waals surface area contributed by atoms with Gasteiger partial charge in [-0.25, -0.2) is 0 Å². The normalized spacial score (nSPS) is 11.0. The van der Waals surface area contributed by atoms with Gasteiger partial charge in [0.15, 0.2) is 0 Å². The maximum absolute atomic E-state index is 9.60. The van der Waals surface area contributed by atoms with Crippen molar-refractivity contribution in [3.05, 3.63) is 57.7 Å². The summed E-state index contributed by atoms with van der Waals surface area (Å²) in [5, 5.41) is 10.6. The Labute approximate surface area is 118 Å². The van der Waals surface area contributed by atoms with Crippen LogP contribution in [0.3, 0.4) is 0 Å². The van der Waals surface area contributed by atoms with E-state index >= 15 is 0 Å². The highest BCUT2D eigenvalue weighted by atomic mass is 127. The fourth-order valence-electron chi connectivity index (χ4n) is 2.12. The minimum absolute atomic E-state index is 0.0165. The van der Waals surface area contributed by atoms with Gasteiger partial charge in [-0.05, 0) is 34.7 Å². The number of furan rings is 1. The third kappa shape index (κ3) is 1.83. The van der Waals surface area contributed by atoms with Gasteiger partial charge in [0.2, 0.25) is 0 Å². The first-order chi connectivity index (χ1) is 8.81. The number of para-hydroxylation sites is 1. The minimum atomic E-state index is -0.0165. The minimum Gasteiger partial charge on any atom is -0.456 e. The fraction of sp³-hybridized carbons (Fsp3) is 0.0667. The van der Waals surface area contributed by atoms with Gasteiger partial charge >= 0.3 is 0 Å². The van der Waals surface area contributed by atoms with Crippen LogP contribution in [0.2, 0.25) is 0 Å². The van der Waals surface area contributed by atoms with Gasteiger partial charge in [0.05, 0.1) is 6.61 Å². The molecule has 1 heterocycles. The van der Waals surface area contributed by atoms with Crippen molar-refractivity contribution in [1.29, 1.82) is 0 Å².